The first-order chi connectivity index (χ1) is 14.8. The normalized spacial score (nSPS) is 12.8. The highest BCUT2D eigenvalue weighted by Gasteiger charge is 2.21. The highest BCUT2D eigenvalue weighted by molar-refractivity contribution is 7.89. The molecule has 0 bridgehead atoms. The van der Waals surface area contributed by atoms with Gasteiger partial charge in [0.05, 0.1) is 28.3 Å². The van der Waals surface area contributed by atoms with Crippen molar-refractivity contribution in [3.05, 3.63) is 51.6 Å². The second-order valence-electron chi connectivity index (χ2n) is 7.06. The summed E-state index contributed by atoms with van der Waals surface area (Å²) in [5.74, 6) is 1.21. The molecular weight excluding hydrogens is 436 g/mol. The van der Waals surface area contributed by atoms with Gasteiger partial charge in [0.2, 0.25) is 10.0 Å². The summed E-state index contributed by atoms with van der Waals surface area (Å²) in [5, 5.41) is 0. The molecule has 0 aliphatic rings. The van der Waals surface area contributed by atoms with Gasteiger partial charge >= 0.3 is 4.87 Å². The predicted octanol–water partition coefficient (Wildman–Crippen LogP) is 4.31. The molecular formula is C22H28N2O5S2. The molecule has 0 radical (unpaired) electrons. The quantitative estimate of drug-likeness (QED) is 0.483. The minimum atomic E-state index is -3.79. The van der Waals surface area contributed by atoms with E-state index in [4.69, 9.17) is 9.47 Å². The molecule has 0 saturated heterocycles. The topological polar surface area (TPSA) is 86.6 Å². The molecule has 2 aromatic carbocycles. The Hall–Kier alpha value is -2.36. The average Bonchev–Trinajstić information content (AvgIpc) is 3.04. The molecule has 3 rings (SSSR count). The van der Waals surface area contributed by atoms with Crippen LogP contribution in [-0.4, -0.2) is 26.2 Å². The number of ether oxygens (including phenoxy) is 2. The maximum atomic E-state index is 13.0. The van der Waals surface area contributed by atoms with Crippen molar-refractivity contribution >= 4 is 31.6 Å². The highest BCUT2D eigenvalue weighted by Crippen LogP contribution is 2.31. The minimum Gasteiger partial charge on any atom is -0.490 e. The Kier molecular flexibility index (Phi) is 7.40. The summed E-state index contributed by atoms with van der Waals surface area (Å²) in [6.45, 7) is 9.15. The van der Waals surface area contributed by atoms with E-state index in [-0.39, 0.29) is 9.77 Å². The standard InChI is InChI=1S/C22H28N2O5S2/c1-5-12-24-18-10-9-17(14-21(18)30-22(24)25)31(26,27)23-15(4)16-8-11-19(28-6-2)20(13-16)29-7-3/h8-11,13-15,23H,5-7,12H2,1-4H3/t15-/m1/s1. The van der Waals surface area contributed by atoms with Crippen LogP contribution in [0.2, 0.25) is 0 Å². The monoisotopic (exact) mass is 464 g/mol. The van der Waals surface area contributed by atoms with Gasteiger partial charge in [0.25, 0.3) is 0 Å². The molecule has 0 fully saturated rings. The summed E-state index contributed by atoms with van der Waals surface area (Å²) in [4.78, 5) is 12.3. The van der Waals surface area contributed by atoms with Gasteiger partial charge in [-0.1, -0.05) is 24.3 Å². The number of fused-ring (bicyclic) bond motifs is 1. The van der Waals surface area contributed by atoms with Gasteiger partial charge in [0.15, 0.2) is 11.5 Å². The van der Waals surface area contributed by atoms with Crippen LogP contribution in [0.3, 0.4) is 0 Å². The molecule has 0 saturated carbocycles. The summed E-state index contributed by atoms with van der Waals surface area (Å²) in [6, 6.07) is 9.72. The van der Waals surface area contributed by atoms with Crippen LogP contribution in [0.15, 0.2) is 46.1 Å². The summed E-state index contributed by atoms with van der Waals surface area (Å²) in [5.41, 5.74) is 1.52. The fraction of sp³-hybridized carbons (Fsp3) is 0.409. The number of aromatic nitrogens is 1. The molecule has 0 spiro atoms. The van der Waals surface area contributed by atoms with Crippen molar-refractivity contribution in [3.63, 3.8) is 0 Å². The Morgan fingerprint density at radius 1 is 1.03 bits per heavy atom. The summed E-state index contributed by atoms with van der Waals surface area (Å²) >= 11 is 1.06. The van der Waals surface area contributed by atoms with E-state index in [0.717, 1.165) is 28.8 Å². The fourth-order valence-corrected chi connectivity index (χ4v) is 5.64. The number of sulfonamides is 1. The third-order valence-electron chi connectivity index (χ3n) is 4.80. The molecule has 1 atom stereocenters. The lowest BCUT2D eigenvalue weighted by molar-refractivity contribution is 0.287. The second-order valence-corrected chi connectivity index (χ2v) is 9.77. The van der Waals surface area contributed by atoms with Crippen molar-refractivity contribution in [2.75, 3.05) is 13.2 Å². The number of hydrogen-bond donors (Lipinski definition) is 1. The van der Waals surface area contributed by atoms with Crippen molar-refractivity contribution < 1.29 is 17.9 Å². The summed E-state index contributed by atoms with van der Waals surface area (Å²) in [6.07, 6.45) is 0.830. The first-order valence-corrected chi connectivity index (χ1v) is 12.7. The lowest BCUT2D eigenvalue weighted by Crippen LogP contribution is -2.27. The molecule has 1 heterocycles. The number of rotatable bonds is 10. The second kappa shape index (κ2) is 9.84. The maximum Gasteiger partial charge on any atom is 0.308 e. The fourth-order valence-electron chi connectivity index (χ4n) is 3.36. The van der Waals surface area contributed by atoms with Gasteiger partial charge in [-0.05, 0) is 63.1 Å². The average molecular weight is 465 g/mol. The van der Waals surface area contributed by atoms with Gasteiger partial charge in [-0.25, -0.2) is 13.1 Å². The molecule has 0 amide bonds. The van der Waals surface area contributed by atoms with Crippen LogP contribution in [0.1, 0.15) is 45.7 Å². The van der Waals surface area contributed by atoms with Crippen molar-refractivity contribution in [2.45, 2.75) is 51.6 Å². The number of hydrogen-bond acceptors (Lipinski definition) is 6. The third-order valence-corrected chi connectivity index (χ3v) is 7.28. The SMILES string of the molecule is CCCn1c(=O)sc2cc(S(=O)(=O)N[C@H](C)c3ccc(OCC)c(OCC)c3)ccc21. The number of thiazole rings is 1. The van der Waals surface area contributed by atoms with Crippen molar-refractivity contribution in [2.24, 2.45) is 0 Å². The van der Waals surface area contributed by atoms with Gasteiger partial charge in [0, 0.05) is 12.6 Å². The molecule has 1 N–H and O–H groups in total. The van der Waals surface area contributed by atoms with Gasteiger partial charge in [-0.3, -0.25) is 9.36 Å². The van der Waals surface area contributed by atoms with Gasteiger partial charge < -0.3 is 9.47 Å². The third kappa shape index (κ3) is 5.11. The van der Waals surface area contributed by atoms with Crippen LogP contribution >= 0.6 is 11.3 Å². The number of nitrogens with one attached hydrogen (secondary N) is 1. The lowest BCUT2D eigenvalue weighted by Gasteiger charge is -2.17. The van der Waals surface area contributed by atoms with Crippen LogP contribution in [0, 0.1) is 0 Å². The van der Waals surface area contributed by atoms with Crippen molar-refractivity contribution in [3.8, 4) is 11.5 Å². The van der Waals surface area contributed by atoms with Crippen LogP contribution < -0.4 is 19.1 Å². The molecule has 0 unspecified atom stereocenters. The van der Waals surface area contributed by atoms with E-state index in [0.29, 0.717) is 36.0 Å². The molecule has 1 aromatic heterocycles. The highest BCUT2D eigenvalue weighted by atomic mass is 32.2. The molecule has 0 aliphatic carbocycles. The van der Waals surface area contributed by atoms with Gasteiger partial charge in [-0.2, -0.15) is 0 Å². The molecule has 168 valence electrons. The predicted molar refractivity (Wildman–Crippen MR) is 124 cm³/mol. The zero-order valence-corrected chi connectivity index (χ0v) is 19.8. The molecule has 31 heavy (non-hydrogen) atoms. The van der Waals surface area contributed by atoms with Crippen LogP contribution in [0.25, 0.3) is 10.2 Å². The molecule has 3 aromatic rings. The number of nitrogens with zero attached hydrogens (tertiary/aromatic N) is 1. The molecule has 9 heteroatoms. The Balaban J connectivity index is 1.87. The Labute approximate surface area is 186 Å². The minimum absolute atomic E-state index is 0.0782. The molecule has 0 aliphatic heterocycles. The van der Waals surface area contributed by atoms with E-state index in [2.05, 4.69) is 4.72 Å². The van der Waals surface area contributed by atoms with Crippen LogP contribution in [0.5, 0.6) is 11.5 Å². The first-order valence-electron chi connectivity index (χ1n) is 10.4. The van der Waals surface area contributed by atoms with E-state index < -0.39 is 16.1 Å². The van der Waals surface area contributed by atoms with E-state index in [9.17, 15) is 13.2 Å². The van der Waals surface area contributed by atoms with E-state index >= 15 is 0 Å². The van der Waals surface area contributed by atoms with E-state index in [1.54, 1.807) is 41.8 Å². The van der Waals surface area contributed by atoms with E-state index in [1.165, 1.54) is 0 Å². The van der Waals surface area contributed by atoms with Crippen molar-refractivity contribution in [1.82, 2.24) is 9.29 Å². The Bertz CT molecular complexity index is 1210. The van der Waals surface area contributed by atoms with Gasteiger partial charge in [-0.15, -0.1) is 0 Å². The smallest absolute Gasteiger partial charge is 0.308 e. The molecule has 7 nitrogen and oxygen atoms in total. The number of aryl methyl sites for hydroxylation is 1. The van der Waals surface area contributed by atoms with E-state index in [1.807, 2.05) is 26.8 Å². The zero-order chi connectivity index (χ0) is 22.6. The zero-order valence-electron chi connectivity index (χ0n) is 18.2. The summed E-state index contributed by atoms with van der Waals surface area (Å²) < 4.78 is 42.3. The largest absolute Gasteiger partial charge is 0.490 e. The Morgan fingerprint density at radius 3 is 2.42 bits per heavy atom. The first kappa shape index (κ1) is 23.3. The Morgan fingerprint density at radius 2 is 1.74 bits per heavy atom. The van der Waals surface area contributed by atoms with Crippen LogP contribution in [0.4, 0.5) is 0 Å². The maximum absolute atomic E-state index is 13.0. The van der Waals surface area contributed by atoms with Gasteiger partial charge in [0.1, 0.15) is 0 Å². The summed E-state index contributed by atoms with van der Waals surface area (Å²) in [7, 11) is -3.79. The lowest BCUT2D eigenvalue weighted by atomic mass is 10.1. The van der Waals surface area contributed by atoms with Crippen molar-refractivity contribution in [1.29, 1.82) is 0 Å². The van der Waals surface area contributed by atoms with Crippen LogP contribution in [-0.2, 0) is 16.6 Å². The number of benzene rings is 2.